The van der Waals surface area contributed by atoms with E-state index in [-0.39, 0.29) is 30.8 Å². The number of piperazine rings is 1. The minimum Gasteiger partial charge on any atom is -0.396 e. The average Bonchev–Trinajstić information content (AvgIpc) is 3.39. The molecule has 0 aliphatic carbocycles. The Morgan fingerprint density at radius 2 is 1.86 bits per heavy atom. The lowest BCUT2D eigenvalue weighted by Gasteiger charge is -2.39. The first-order valence-electron chi connectivity index (χ1n) is 14.4. The van der Waals surface area contributed by atoms with Crippen molar-refractivity contribution < 1.29 is 14.3 Å². The summed E-state index contributed by atoms with van der Waals surface area (Å²) in [6.07, 6.45) is 3.62. The molecule has 220 valence electrons. The van der Waals surface area contributed by atoms with Crippen LogP contribution in [-0.4, -0.2) is 82.8 Å². The van der Waals surface area contributed by atoms with Gasteiger partial charge in [0.05, 0.1) is 28.9 Å². The van der Waals surface area contributed by atoms with Crippen LogP contribution in [-0.2, 0) is 4.79 Å². The fourth-order valence-electron chi connectivity index (χ4n) is 6.03. The molecule has 2 aliphatic rings. The number of nitrogens with zero attached hydrogens (tertiary/aromatic N) is 5. The number of pyridine rings is 1. The van der Waals surface area contributed by atoms with Crippen LogP contribution in [0.4, 0.5) is 15.9 Å². The van der Waals surface area contributed by atoms with Crippen molar-refractivity contribution >= 4 is 40.0 Å². The van der Waals surface area contributed by atoms with Gasteiger partial charge >= 0.3 is 0 Å². The number of carbonyl (C=O) groups excluding carboxylic acids is 1. The molecule has 42 heavy (non-hydrogen) atoms. The molecular weight excluding hydrogens is 557 g/mol. The van der Waals surface area contributed by atoms with Crippen LogP contribution in [0.2, 0.25) is 5.02 Å². The molecule has 2 saturated heterocycles. The van der Waals surface area contributed by atoms with Crippen molar-refractivity contribution in [2.24, 2.45) is 5.73 Å². The van der Waals surface area contributed by atoms with Crippen molar-refractivity contribution in [3.05, 3.63) is 59.0 Å². The van der Waals surface area contributed by atoms with Gasteiger partial charge in [0.25, 0.3) is 0 Å². The first kappa shape index (κ1) is 28.4. The lowest BCUT2D eigenvalue weighted by atomic mass is 9.96. The fourth-order valence-corrected chi connectivity index (χ4v) is 6.20. The number of nitrogens with one attached hydrogen (secondary N) is 1. The van der Waals surface area contributed by atoms with Crippen molar-refractivity contribution in [1.82, 2.24) is 19.9 Å². The highest BCUT2D eigenvalue weighted by molar-refractivity contribution is 6.31. The van der Waals surface area contributed by atoms with Gasteiger partial charge in [0.2, 0.25) is 5.91 Å². The summed E-state index contributed by atoms with van der Waals surface area (Å²) in [5.74, 6) is 1.04. The molecule has 2 aromatic carbocycles. The number of aliphatic hydroxyl groups excluding tert-OH is 1. The summed E-state index contributed by atoms with van der Waals surface area (Å²) >= 11 is 6.32. The first-order chi connectivity index (χ1) is 20.3. The molecule has 4 heterocycles. The van der Waals surface area contributed by atoms with Crippen molar-refractivity contribution in [3.63, 3.8) is 0 Å². The van der Waals surface area contributed by atoms with Crippen LogP contribution in [0.25, 0.3) is 33.5 Å². The summed E-state index contributed by atoms with van der Waals surface area (Å²) in [7, 11) is 0. The number of fused-ring (bicyclic) bond motifs is 1. The third kappa shape index (κ3) is 5.66. The number of aromatic nitrogens is 3. The monoisotopic (exact) mass is 591 g/mol. The minimum absolute atomic E-state index is 0.0540. The van der Waals surface area contributed by atoms with Gasteiger partial charge in [0, 0.05) is 68.5 Å². The normalized spacial score (nSPS) is 16.5. The maximum absolute atomic E-state index is 14.7. The number of aryl methyl sites for hydroxylation is 1. The van der Waals surface area contributed by atoms with Gasteiger partial charge in [0.1, 0.15) is 17.5 Å². The van der Waals surface area contributed by atoms with Gasteiger partial charge in [-0.1, -0.05) is 17.7 Å². The number of piperidine rings is 1. The zero-order valence-electron chi connectivity index (χ0n) is 23.6. The van der Waals surface area contributed by atoms with E-state index in [9.17, 15) is 14.3 Å². The molecule has 1 amide bonds. The van der Waals surface area contributed by atoms with Gasteiger partial charge in [-0.3, -0.25) is 4.79 Å². The molecule has 4 aromatic rings. The Morgan fingerprint density at radius 3 is 2.57 bits per heavy atom. The van der Waals surface area contributed by atoms with E-state index in [1.807, 2.05) is 37.4 Å². The van der Waals surface area contributed by atoms with E-state index >= 15 is 0 Å². The first-order valence-corrected chi connectivity index (χ1v) is 14.8. The highest BCUT2D eigenvalue weighted by Crippen LogP contribution is 2.45. The molecule has 0 radical (unpaired) electrons. The smallest absolute Gasteiger partial charge is 0.225 e. The minimum atomic E-state index is -0.302. The Labute approximate surface area is 249 Å². The molecule has 4 N–H and O–H groups in total. The number of aromatic amines is 1. The number of amides is 1. The molecule has 0 unspecified atom stereocenters. The highest BCUT2D eigenvalue weighted by Gasteiger charge is 2.31. The second kappa shape index (κ2) is 11.9. The number of hydrogen-bond acceptors (Lipinski definition) is 7. The third-order valence-electron chi connectivity index (χ3n) is 8.18. The molecular formula is C31H35ClFN7O2. The predicted molar refractivity (Wildman–Crippen MR) is 164 cm³/mol. The van der Waals surface area contributed by atoms with E-state index in [1.165, 1.54) is 6.07 Å². The Bertz CT molecular complexity index is 1590. The van der Waals surface area contributed by atoms with E-state index in [0.717, 1.165) is 70.7 Å². The lowest BCUT2D eigenvalue weighted by molar-refractivity contribution is -0.132. The summed E-state index contributed by atoms with van der Waals surface area (Å²) < 4.78 is 14.7. The zero-order valence-corrected chi connectivity index (χ0v) is 24.4. The third-order valence-corrected chi connectivity index (χ3v) is 8.41. The molecule has 0 bridgehead atoms. The predicted octanol–water partition coefficient (Wildman–Crippen LogP) is 4.35. The van der Waals surface area contributed by atoms with Gasteiger partial charge < -0.3 is 30.5 Å². The SMILES string of the molecule is Cc1cc(F)cc(-c2cnc(N3CCN(C(=O)CCO)CC3)c(-c3nc4ccc(Cl)cc4[nH]3)c2N2CCC(N)CC2)c1. The van der Waals surface area contributed by atoms with Crippen LogP contribution in [0, 0.1) is 12.7 Å². The van der Waals surface area contributed by atoms with E-state index in [0.29, 0.717) is 37.0 Å². The molecule has 0 atom stereocenters. The van der Waals surface area contributed by atoms with Crippen molar-refractivity contribution in [2.45, 2.75) is 32.2 Å². The number of halogens is 2. The number of H-pyrrole nitrogens is 1. The molecule has 0 saturated carbocycles. The van der Waals surface area contributed by atoms with Gasteiger partial charge in [-0.15, -0.1) is 0 Å². The number of hydrogen-bond donors (Lipinski definition) is 3. The molecule has 9 nitrogen and oxygen atoms in total. The quantitative estimate of drug-likeness (QED) is 0.305. The van der Waals surface area contributed by atoms with Gasteiger partial charge in [0.15, 0.2) is 0 Å². The zero-order chi connectivity index (χ0) is 29.4. The Balaban J connectivity index is 1.54. The van der Waals surface area contributed by atoms with Crippen LogP contribution in [0.5, 0.6) is 0 Å². The average molecular weight is 592 g/mol. The molecule has 2 aromatic heterocycles. The van der Waals surface area contributed by atoms with Gasteiger partial charge in [-0.05, 0) is 61.2 Å². The summed E-state index contributed by atoms with van der Waals surface area (Å²) in [6, 6.07) is 10.7. The van der Waals surface area contributed by atoms with E-state index in [1.54, 1.807) is 11.0 Å². The second-order valence-electron chi connectivity index (χ2n) is 11.1. The maximum Gasteiger partial charge on any atom is 0.225 e. The summed E-state index contributed by atoms with van der Waals surface area (Å²) in [6.45, 7) is 5.41. The van der Waals surface area contributed by atoms with Crippen molar-refractivity contribution in [1.29, 1.82) is 0 Å². The van der Waals surface area contributed by atoms with Crippen LogP contribution in [0.1, 0.15) is 24.8 Å². The number of rotatable bonds is 6. The standard InChI is InChI=1S/C31H35ClFN7O2/c1-19-14-20(16-22(33)15-19)24-18-35-31(40-11-9-38(10-12-40)27(42)6-13-41)28(29(24)39-7-4-23(34)5-8-39)30-36-25-3-2-21(32)17-26(25)37-30/h2-3,14-18,23,41H,4-13,34H2,1H3,(H,36,37). The number of imidazole rings is 1. The summed E-state index contributed by atoms with van der Waals surface area (Å²) in [4.78, 5) is 32.2. The lowest BCUT2D eigenvalue weighted by Crippen LogP contribution is -2.49. The largest absolute Gasteiger partial charge is 0.396 e. The van der Waals surface area contributed by atoms with E-state index in [4.69, 9.17) is 27.3 Å². The van der Waals surface area contributed by atoms with Crippen LogP contribution in [0.3, 0.4) is 0 Å². The second-order valence-corrected chi connectivity index (χ2v) is 11.6. The van der Waals surface area contributed by atoms with Crippen molar-refractivity contribution in [2.75, 3.05) is 55.7 Å². The Morgan fingerprint density at radius 1 is 1.10 bits per heavy atom. The molecule has 11 heteroatoms. The summed E-state index contributed by atoms with van der Waals surface area (Å²) in [5, 5.41) is 9.84. The number of nitrogens with two attached hydrogens (primary N) is 1. The molecule has 2 aliphatic heterocycles. The number of aliphatic hydroxyl groups is 1. The van der Waals surface area contributed by atoms with Crippen LogP contribution >= 0.6 is 11.6 Å². The Hall–Kier alpha value is -3.73. The van der Waals surface area contributed by atoms with E-state index in [2.05, 4.69) is 14.8 Å². The number of anilines is 2. The topological polar surface area (TPSA) is 115 Å². The highest BCUT2D eigenvalue weighted by atomic mass is 35.5. The maximum atomic E-state index is 14.7. The van der Waals surface area contributed by atoms with E-state index < -0.39 is 0 Å². The molecule has 2 fully saturated rings. The number of carbonyl (C=O) groups is 1. The van der Waals surface area contributed by atoms with Gasteiger partial charge in [-0.2, -0.15) is 0 Å². The van der Waals surface area contributed by atoms with Crippen molar-refractivity contribution in [3.8, 4) is 22.5 Å². The Kier molecular flexibility index (Phi) is 8.02. The van der Waals surface area contributed by atoms with Gasteiger partial charge in [-0.25, -0.2) is 14.4 Å². The fraction of sp³-hybridized carbons (Fsp3) is 0.387. The number of benzene rings is 2. The van der Waals surface area contributed by atoms with Crippen LogP contribution < -0.4 is 15.5 Å². The summed E-state index contributed by atoms with van der Waals surface area (Å²) in [5.41, 5.74) is 12.0. The molecule has 6 rings (SSSR count). The molecule has 0 spiro atoms. The van der Waals surface area contributed by atoms with Crippen LogP contribution in [0.15, 0.2) is 42.6 Å².